The maximum absolute atomic E-state index is 12.4. The third-order valence-corrected chi connectivity index (χ3v) is 4.35. The minimum Gasteiger partial charge on any atom is -0.319 e. The monoisotopic (exact) mass is 280 g/mol. The summed E-state index contributed by atoms with van der Waals surface area (Å²) in [5.74, 6) is 0. The number of urea groups is 1. The molecule has 0 bridgehead atoms. The second-order valence-electron chi connectivity index (χ2n) is 5.38. The molecule has 19 heavy (non-hydrogen) atoms. The second kappa shape index (κ2) is 5.83. The first-order valence-electron chi connectivity index (χ1n) is 6.85. The maximum Gasteiger partial charge on any atom is 0.322 e. The Balaban J connectivity index is 2.14. The van der Waals surface area contributed by atoms with Crippen molar-refractivity contribution in [3.05, 3.63) is 28.8 Å². The van der Waals surface area contributed by atoms with E-state index in [1.807, 2.05) is 30.0 Å². The molecule has 0 unspecified atom stereocenters. The fourth-order valence-corrected chi connectivity index (χ4v) is 2.92. The quantitative estimate of drug-likeness (QED) is 0.810. The van der Waals surface area contributed by atoms with Crippen molar-refractivity contribution in [3.8, 4) is 0 Å². The molecule has 2 rings (SSSR count). The second-order valence-corrected chi connectivity index (χ2v) is 5.79. The lowest BCUT2D eigenvalue weighted by Crippen LogP contribution is -2.49. The van der Waals surface area contributed by atoms with E-state index < -0.39 is 0 Å². The zero-order chi connectivity index (χ0) is 14.0. The van der Waals surface area contributed by atoms with E-state index in [1.54, 1.807) is 0 Å². The molecule has 2 amide bonds. The number of nitrogens with one attached hydrogen (secondary N) is 1. The average Bonchev–Trinajstić information content (AvgIpc) is 2.35. The summed E-state index contributed by atoms with van der Waals surface area (Å²) >= 11 is 6.08. The van der Waals surface area contributed by atoms with Crippen LogP contribution in [-0.4, -0.2) is 23.0 Å². The number of anilines is 1. The molecule has 0 radical (unpaired) electrons. The van der Waals surface area contributed by atoms with Crippen molar-refractivity contribution in [2.45, 2.75) is 52.1 Å². The zero-order valence-electron chi connectivity index (χ0n) is 11.7. The van der Waals surface area contributed by atoms with Gasteiger partial charge in [-0.05, 0) is 57.7 Å². The number of piperidine rings is 1. The highest BCUT2D eigenvalue weighted by Crippen LogP contribution is 2.26. The lowest BCUT2D eigenvalue weighted by molar-refractivity contribution is 0.133. The van der Waals surface area contributed by atoms with Crippen LogP contribution >= 0.6 is 11.6 Å². The third-order valence-electron chi connectivity index (χ3n) is 3.94. The van der Waals surface area contributed by atoms with Gasteiger partial charge in [0.25, 0.3) is 0 Å². The van der Waals surface area contributed by atoms with Gasteiger partial charge < -0.3 is 10.2 Å². The molecule has 0 spiro atoms. The molecule has 1 aliphatic heterocycles. The molecule has 1 aliphatic rings. The molecular formula is C15H21ClN2O. The Kier molecular flexibility index (Phi) is 4.35. The number of nitrogens with zero attached hydrogens (tertiary/aromatic N) is 1. The summed E-state index contributed by atoms with van der Waals surface area (Å²) in [7, 11) is 0. The van der Waals surface area contributed by atoms with Gasteiger partial charge in [-0.3, -0.25) is 0 Å². The van der Waals surface area contributed by atoms with E-state index in [2.05, 4.69) is 19.2 Å². The summed E-state index contributed by atoms with van der Waals surface area (Å²) in [6, 6.07) is 6.14. The number of benzene rings is 1. The van der Waals surface area contributed by atoms with Gasteiger partial charge in [0.1, 0.15) is 0 Å². The van der Waals surface area contributed by atoms with Crippen molar-refractivity contribution < 1.29 is 4.79 Å². The van der Waals surface area contributed by atoms with Crippen LogP contribution in [0.25, 0.3) is 0 Å². The highest BCUT2D eigenvalue weighted by molar-refractivity contribution is 6.31. The lowest BCUT2D eigenvalue weighted by atomic mass is 9.98. The molecular weight excluding hydrogens is 260 g/mol. The van der Waals surface area contributed by atoms with Gasteiger partial charge in [-0.25, -0.2) is 4.79 Å². The van der Waals surface area contributed by atoms with E-state index in [1.165, 1.54) is 6.42 Å². The van der Waals surface area contributed by atoms with Gasteiger partial charge in [0.05, 0.1) is 0 Å². The average molecular weight is 281 g/mol. The Bertz CT molecular complexity index is 465. The molecule has 1 N–H and O–H groups in total. The Morgan fingerprint density at radius 1 is 1.32 bits per heavy atom. The van der Waals surface area contributed by atoms with E-state index >= 15 is 0 Å². The first-order chi connectivity index (χ1) is 9.00. The molecule has 1 heterocycles. The third kappa shape index (κ3) is 3.03. The van der Waals surface area contributed by atoms with Crippen LogP contribution in [0.5, 0.6) is 0 Å². The van der Waals surface area contributed by atoms with Gasteiger partial charge in [0.2, 0.25) is 0 Å². The van der Waals surface area contributed by atoms with Crippen molar-refractivity contribution in [2.75, 3.05) is 5.32 Å². The summed E-state index contributed by atoms with van der Waals surface area (Å²) in [5, 5.41) is 3.66. The van der Waals surface area contributed by atoms with Gasteiger partial charge in [0.15, 0.2) is 0 Å². The summed E-state index contributed by atoms with van der Waals surface area (Å²) < 4.78 is 0. The van der Waals surface area contributed by atoms with Crippen LogP contribution in [-0.2, 0) is 0 Å². The normalized spacial score (nSPS) is 23.3. The number of hydrogen-bond donors (Lipinski definition) is 1. The van der Waals surface area contributed by atoms with Gasteiger partial charge in [-0.1, -0.05) is 17.7 Å². The Labute approximate surface area is 119 Å². The SMILES string of the molecule is Cc1c(Cl)cccc1NC(=O)N1[C@@H](C)CCC[C@@H]1C. The van der Waals surface area contributed by atoms with E-state index in [-0.39, 0.29) is 6.03 Å². The molecule has 0 aromatic heterocycles. The summed E-state index contributed by atoms with van der Waals surface area (Å²) in [5.41, 5.74) is 1.71. The molecule has 1 aromatic rings. The summed E-state index contributed by atoms with van der Waals surface area (Å²) in [4.78, 5) is 14.4. The first kappa shape index (κ1) is 14.2. The van der Waals surface area contributed by atoms with Crippen LogP contribution in [0.3, 0.4) is 0 Å². The fourth-order valence-electron chi connectivity index (χ4n) is 2.74. The molecule has 0 aliphatic carbocycles. The number of halogens is 1. The Morgan fingerprint density at radius 3 is 2.58 bits per heavy atom. The lowest BCUT2D eigenvalue weighted by Gasteiger charge is -2.39. The Morgan fingerprint density at radius 2 is 1.95 bits per heavy atom. The number of carbonyl (C=O) groups is 1. The molecule has 4 heteroatoms. The van der Waals surface area contributed by atoms with Gasteiger partial charge >= 0.3 is 6.03 Å². The van der Waals surface area contributed by atoms with Gasteiger partial charge in [0, 0.05) is 22.8 Å². The van der Waals surface area contributed by atoms with Crippen LogP contribution in [0.15, 0.2) is 18.2 Å². The van der Waals surface area contributed by atoms with Crippen molar-refractivity contribution in [3.63, 3.8) is 0 Å². The smallest absolute Gasteiger partial charge is 0.319 e. The predicted molar refractivity (Wildman–Crippen MR) is 79.8 cm³/mol. The molecule has 0 saturated carbocycles. The fraction of sp³-hybridized carbons (Fsp3) is 0.533. The van der Waals surface area contributed by atoms with Crippen molar-refractivity contribution in [1.82, 2.24) is 4.90 Å². The minimum absolute atomic E-state index is 0.0231. The number of likely N-dealkylation sites (tertiary alicyclic amines) is 1. The topological polar surface area (TPSA) is 32.3 Å². The zero-order valence-corrected chi connectivity index (χ0v) is 12.5. The van der Waals surface area contributed by atoms with Crippen LogP contribution < -0.4 is 5.32 Å². The molecule has 104 valence electrons. The number of rotatable bonds is 1. The number of hydrogen-bond acceptors (Lipinski definition) is 1. The van der Waals surface area contributed by atoms with Gasteiger partial charge in [-0.2, -0.15) is 0 Å². The number of amides is 2. The van der Waals surface area contributed by atoms with E-state index in [9.17, 15) is 4.79 Å². The van der Waals surface area contributed by atoms with E-state index in [0.29, 0.717) is 17.1 Å². The standard InChI is InChI=1S/C15H21ClN2O/c1-10-6-4-7-11(2)18(10)15(19)17-14-9-5-8-13(16)12(14)3/h5,8-11H,4,6-7H2,1-3H3,(H,17,19)/t10-,11-/m0/s1. The largest absolute Gasteiger partial charge is 0.322 e. The van der Waals surface area contributed by atoms with E-state index in [0.717, 1.165) is 24.1 Å². The van der Waals surface area contributed by atoms with Crippen molar-refractivity contribution in [2.24, 2.45) is 0 Å². The van der Waals surface area contributed by atoms with Crippen molar-refractivity contribution in [1.29, 1.82) is 0 Å². The van der Waals surface area contributed by atoms with Crippen LogP contribution in [0, 0.1) is 6.92 Å². The molecule has 1 saturated heterocycles. The molecule has 2 atom stereocenters. The first-order valence-corrected chi connectivity index (χ1v) is 7.23. The van der Waals surface area contributed by atoms with Gasteiger partial charge in [-0.15, -0.1) is 0 Å². The highest BCUT2D eigenvalue weighted by atomic mass is 35.5. The minimum atomic E-state index is -0.0231. The maximum atomic E-state index is 12.4. The number of carbonyl (C=O) groups excluding carboxylic acids is 1. The molecule has 1 fully saturated rings. The molecule has 3 nitrogen and oxygen atoms in total. The summed E-state index contributed by atoms with van der Waals surface area (Å²) in [6.07, 6.45) is 3.35. The van der Waals surface area contributed by atoms with Crippen LogP contribution in [0.2, 0.25) is 5.02 Å². The predicted octanol–water partition coefficient (Wildman–Crippen LogP) is 4.44. The van der Waals surface area contributed by atoms with Crippen molar-refractivity contribution >= 4 is 23.3 Å². The van der Waals surface area contributed by atoms with Crippen LogP contribution in [0.1, 0.15) is 38.7 Å². The summed E-state index contributed by atoms with van der Waals surface area (Å²) in [6.45, 7) is 6.14. The van der Waals surface area contributed by atoms with Crippen LogP contribution in [0.4, 0.5) is 10.5 Å². The Hall–Kier alpha value is -1.22. The van der Waals surface area contributed by atoms with E-state index in [4.69, 9.17) is 11.6 Å². The highest BCUT2D eigenvalue weighted by Gasteiger charge is 2.29. The molecule has 1 aromatic carbocycles.